The lowest BCUT2D eigenvalue weighted by atomic mass is 9.90. The predicted molar refractivity (Wildman–Crippen MR) is 86.3 cm³/mol. The molecule has 0 heterocycles. The molecule has 2 aromatic carbocycles. The second-order valence-corrected chi connectivity index (χ2v) is 6.01. The second kappa shape index (κ2) is 6.30. The monoisotopic (exact) mass is 297 g/mol. The Hall–Kier alpha value is -2.16. The van der Waals surface area contributed by atoms with Crippen LogP contribution in [0.3, 0.4) is 0 Å². The molecule has 114 valence electrons. The summed E-state index contributed by atoms with van der Waals surface area (Å²) in [6.45, 7) is 2.04. The molecule has 0 spiro atoms. The molecule has 1 aliphatic carbocycles. The Bertz CT molecular complexity index is 665. The highest BCUT2D eigenvalue weighted by Gasteiger charge is 2.33. The van der Waals surface area contributed by atoms with Gasteiger partial charge in [0.1, 0.15) is 11.6 Å². The molecule has 1 aliphatic rings. The van der Waals surface area contributed by atoms with E-state index in [1.807, 2.05) is 25.1 Å². The molecule has 1 saturated carbocycles. The number of Topliss-reactive ketones (excluding diaryl/α,β-unsaturated/α-hetero) is 1. The molecule has 0 radical (unpaired) electrons. The number of aryl methyl sites for hydroxylation is 1. The normalized spacial score (nSPS) is 19.2. The van der Waals surface area contributed by atoms with E-state index in [9.17, 15) is 9.18 Å². The van der Waals surface area contributed by atoms with Crippen molar-refractivity contribution < 1.29 is 9.18 Å². The van der Waals surface area contributed by atoms with Crippen molar-refractivity contribution in [2.75, 3.05) is 5.32 Å². The Morgan fingerprint density at radius 3 is 2.59 bits per heavy atom. The number of anilines is 1. The zero-order valence-corrected chi connectivity index (χ0v) is 12.7. The third kappa shape index (κ3) is 3.19. The van der Waals surface area contributed by atoms with E-state index in [4.69, 9.17) is 0 Å². The molecule has 2 unspecified atom stereocenters. The lowest BCUT2D eigenvalue weighted by molar-refractivity contribution is -0.121. The van der Waals surface area contributed by atoms with E-state index in [0.29, 0.717) is 12.2 Å². The molecule has 0 bridgehead atoms. The minimum atomic E-state index is -0.254. The van der Waals surface area contributed by atoms with E-state index in [1.54, 1.807) is 12.1 Å². The first-order chi connectivity index (χ1) is 10.6. The van der Waals surface area contributed by atoms with Crippen LogP contribution in [0.4, 0.5) is 10.1 Å². The van der Waals surface area contributed by atoms with E-state index in [2.05, 4.69) is 11.4 Å². The average Bonchev–Trinajstić information content (AvgIpc) is 2.92. The van der Waals surface area contributed by atoms with Crippen molar-refractivity contribution in [3.05, 3.63) is 65.5 Å². The van der Waals surface area contributed by atoms with Crippen molar-refractivity contribution in [2.45, 2.75) is 32.2 Å². The van der Waals surface area contributed by atoms with Crippen LogP contribution in [0.15, 0.2) is 48.5 Å². The molecule has 0 aliphatic heterocycles. The van der Waals surface area contributed by atoms with Gasteiger partial charge >= 0.3 is 0 Å². The maximum Gasteiger partial charge on any atom is 0.138 e. The van der Waals surface area contributed by atoms with E-state index < -0.39 is 0 Å². The van der Waals surface area contributed by atoms with Gasteiger partial charge in [-0.2, -0.15) is 0 Å². The van der Waals surface area contributed by atoms with Crippen LogP contribution in [0.5, 0.6) is 0 Å². The van der Waals surface area contributed by atoms with E-state index in [1.165, 1.54) is 17.7 Å². The van der Waals surface area contributed by atoms with E-state index >= 15 is 0 Å². The molecule has 3 rings (SSSR count). The number of ketones is 1. The van der Waals surface area contributed by atoms with Crippen molar-refractivity contribution >= 4 is 11.5 Å². The van der Waals surface area contributed by atoms with Gasteiger partial charge in [-0.15, -0.1) is 0 Å². The summed E-state index contributed by atoms with van der Waals surface area (Å²) >= 11 is 0. The van der Waals surface area contributed by atoms with Crippen molar-refractivity contribution in [1.29, 1.82) is 0 Å². The highest BCUT2D eigenvalue weighted by atomic mass is 19.1. The number of nitrogens with one attached hydrogen (secondary N) is 1. The lowest BCUT2D eigenvalue weighted by Gasteiger charge is -2.25. The zero-order chi connectivity index (χ0) is 15.5. The number of halogens is 1. The predicted octanol–water partition coefficient (Wildman–Crippen LogP) is 4.66. The number of hydrogen-bond donors (Lipinski definition) is 1. The Balaban J connectivity index is 1.92. The van der Waals surface area contributed by atoms with Crippen molar-refractivity contribution in [3.63, 3.8) is 0 Å². The highest BCUT2D eigenvalue weighted by Crippen LogP contribution is 2.36. The SMILES string of the molecule is Cc1cccc(NC(c2ccc(F)cc2)C2CCCC2=O)c1. The largest absolute Gasteiger partial charge is 0.377 e. The smallest absolute Gasteiger partial charge is 0.138 e. The number of carbonyl (C=O) groups excluding carboxylic acids is 1. The molecule has 0 saturated heterocycles. The summed E-state index contributed by atoms with van der Waals surface area (Å²) in [6, 6.07) is 14.5. The average molecular weight is 297 g/mol. The Kier molecular flexibility index (Phi) is 4.23. The number of rotatable bonds is 4. The van der Waals surface area contributed by atoms with Crippen LogP contribution in [-0.2, 0) is 4.79 Å². The Labute approximate surface area is 130 Å². The lowest BCUT2D eigenvalue weighted by Crippen LogP contribution is -2.24. The van der Waals surface area contributed by atoms with Gasteiger partial charge in [0.25, 0.3) is 0 Å². The highest BCUT2D eigenvalue weighted by molar-refractivity contribution is 5.84. The van der Waals surface area contributed by atoms with Crippen molar-refractivity contribution in [2.24, 2.45) is 5.92 Å². The number of benzene rings is 2. The minimum Gasteiger partial charge on any atom is -0.377 e. The fraction of sp³-hybridized carbons (Fsp3) is 0.316. The summed E-state index contributed by atoms with van der Waals surface area (Å²) in [6.07, 6.45) is 2.48. The summed E-state index contributed by atoms with van der Waals surface area (Å²) in [5.41, 5.74) is 3.12. The van der Waals surface area contributed by atoms with Crippen LogP contribution in [0.1, 0.15) is 36.4 Å². The van der Waals surface area contributed by atoms with Gasteiger partial charge in [-0.25, -0.2) is 4.39 Å². The van der Waals surface area contributed by atoms with Gasteiger partial charge in [0.2, 0.25) is 0 Å². The molecule has 0 amide bonds. The molecule has 0 aromatic heterocycles. The third-order valence-electron chi connectivity index (χ3n) is 4.32. The molecule has 1 fully saturated rings. The summed E-state index contributed by atoms with van der Waals surface area (Å²) in [4.78, 5) is 12.2. The molecular formula is C19H20FNO. The van der Waals surface area contributed by atoms with Gasteiger partial charge < -0.3 is 5.32 Å². The molecule has 22 heavy (non-hydrogen) atoms. The van der Waals surface area contributed by atoms with Crippen LogP contribution in [0.2, 0.25) is 0 Å². The second-order valence-electron chi connectivity index (χ2n) is 6.01. The van der Waals surface area contributed by atoms with E-state index in [-0.39, 0.29) is 17.8 Å². The summed E-state index contributed by atoms with van der Waals surface area (Å²) in [5, 5.41) is 3.48. The van der Waals surface area contributed by atoms with Gasteiger partial charge in [-0.1, -0.05) is 24.3 Å². The Morgan fingerprint density at radius 1 is 1.18 bits per heavy atom. The maximum atomic E-state index is 13.2. The summed E-state index contributed by atoms with van der Waals surface area (Å²) < 4.78 is 13.2. The van der Waals surface area contributed by atoms with E-state index in [0.717, 1.165) is 24.1 Å². The standard InChI is InChI=1S/C19H20FNO/c1-13-4-2-5-16(12-13)21-19(17-6-3-7-18(17)22)14-8-10-15(20)11-9-14/h2,4-5,8-12,17,19,21H,3,6-7H2,1H3. The van der Waals surface area contributed by atoms with Crippen LogP contribution >= 0.6 is 0 Å². The minimum absolute atomic E-state index is 0.0361. The topological polar surface area (TPSA) is 29.1 Å². The molecule has 2 atom stereocenters. The van der Waals surface area contributed by atoms with Gasteiger partial charge in [-0.05, 0) is 55.2 Å². The number of hydrogen-bond acceptors (Lipinski definition) is 2. The summed E-state index contributed by atoms with van der Waals surface area (Å²) in [7, 11) is 0. The maximum absolute atomic E-state index is 13.2. The quantitative estimate of drug-likeness (QED) is 0.889. The molecular weight excluding hydrogens is 277 g/mol. The molecule has 1 N–H and O–H groups in total. The third-order valence-corrected chi connectivity index (χ3v) is 4.32. The van der Waals surface area contributed by atoms with Crippen LogP contribution in [-0.4, -0.2) is 5.78 Å². The zero-order valence-electron chi connectivity index (χ0n) is 12.7. The van der Waals surface area contributed by atoms with Crippen molar-refractivity contribution in [3.8, 4) is 0 Å². The fourth-order valence-electron chi connectivity index (χ4n) is 3.20. The number of carbonyl (C=O) groups is 1. The van der Waals surface area contributed by atoms with Crippen LogP contribution in [0.25, 0.3) is 0 Å². The first-order valence-corrected chi connectivity index (χ1v) is 7.75. The molecule has 3 heteroatoms. The van der Waals surface area contributed by atoms with Crippen LogP contribution < -0.4 is 5.32 Å². The first-order valence-electron chi connectivity index (χ1n) is 7.75. The van der Waals surface area contributed by atoms with Crippen LogP contribution in [0, 0.1) is 18.7 Å². The van der Waals surface area contributed by atoms with Gasteiger partial charge in [-0.3, -0.25) is 4.79 Å². The Morgan fingerprint density at radius 2 is 1.95 bits per heavy atom. The van der Waals surface area contributed by atoms with Gasteiger partial charge in [0, 0.05) is 18.0 Å². The van der Waals surface area contributed by atoms with Crippen molar-refractivity contribution in [1.82, 2.24) is 0 Å². The first kappa shape index (κ1) is 14.8. The van der Waals surface area contributed by atoms with Gasteiger partial charge in [0.15, 0.2) is 0 Å². The summed E-state index contributed by atoms with van der Waals surface area (Å²) in [5.74, 6) is 0.0104. The molecule has 2 nitrogen and oxygen atoms in total. The fourth-order valence-corrected chi connectivity index (χ4v) is 3.20. The van der Waals surface area contributed by atoms with Gasteiger partial charge in [0.05, 0.1) is 6.04 Å². The molecule has 2 aromatic rings.